The van der Waals surface area contributed by atoms with Crippen LogP contribution in [0.1, 0.15) is 37.8 Å². The highest BCUT2D eigenvalue weighted by Crippen LogP contribution is 2.61. The Morgan fingerprint density at radius 3 is 2.58 bits per heavy atom. The van der Waals surface area contributed by atoms with Crippen LogP contribution in [0, 0.1) is 25.7 Å². The Morgan fingerprint density at radius 2 is 2.03 bits per heavy atom. The summed E-state index contributed by atoms with van der Waals surface area (Å²) < 4.78 is 11.9. The predicted molar refractivity (Wildman–Crippen MR) is 139 cm³/mol. The van der Waals surface area contributed by atoms with Crippen LogP contribution in [0.25, 0.3) is 0 Å². The van der Waals surface area contributed by atoms with Crippen LogP contribution < -0.4 is 4.90 Å². The third-order valence-corrected chi connectivity index (χ3v) is 8.73. The Hall–Kier alpha value is -2.23. The summed E-state index contributed by atoms with van der Waals surface area (Å²) >= 11 is 3.66. The Morgan fingerprint density at radius 1 is 1.36 bits per heavy atom. The summed E-state index contributed by atoms with van der Waals surface area (Å²) in [5.74, 6) is -2.81. The van der Waals surface area contributed by atoms with Crippen LogP contribution in [-0.4, -0.2) is 76.2 Å². The number of fused-ring (bicyclic) bond motifs is 1. The number of halogens is 1. The Labute approximate surface area is 220 Å². The van der Waals surface area contributed by atoms with Crippen molar-refractivity contribution in [3.05, 3.63) is 42.0 Å². The summed E-state index contributed by atoms with van der Waals surface area (Å²) in [5.41, 5.74) is 1.40. The molecule has 1 aromatic carbocycles. The number of esters is 1. The van der Waals surface area contributed by atoms with E-state index < -0.39 is 41.6 Å². The third-order valence-electron chi connectivity index (χ3n) is 7.88. The van der Waals surface area contributed by atoms with Gasteiger partial charge in [0, 0.05) is 17.1 Å². The van der Waals surface area contributed by atoms with Gasteiger partial charge in [0.2, 0.25) is 5.91 Å². The lowest BCUT2D eigenvalue weighted by Crippen LogP contribution is -2.59. The normalized spacial score (nSPS) is 31.3. The molecule has 1 spiro atoms. The maximum Gasteiger partial charge on any atom is 0.312 e. The summed E-state index contributed by atoms with van der Waals surface area (Å²) in [6, 6.07) is 4.22. The van der Waals surface area contributed by atoms with Crippen LogP contribution in [0.5, 0.6) is 0 Å². The van der Waals surface area contributed by atoms with E-state index in [2.05, 4.69) is 22.5 Å². The molecule has 0 aliphatic carbocycles. The lowest BCUT2D eigenvalue weighted by Gasteiger charge is -2.39. The zero-order chi connectivity index (χ0) is 26.4. The lowest BCUT2D eigenvalue weighted by atomic mass is 9.70. The average molecular weight is 563 g/mol. The molecule has 7 atom stereocenters. The summed E-state index contributed by atoms with van der Waals surface area (Å²) in [7, 11) is 0. The number of anilines is 1. The number of carbonyl (C=O) groups excluding carboxylic acids is 3. The molecule has 3 aliphatic rings. The number of alkyl halides is 1. The average Bonchev–Trinajstić information content (AvgIpc) is 3.43. The zero-order valence-electron chi connectivity index (χ0n) is 21.3. The number of para-hydroxylation sites is 1. The number of aliphatic hydroxyl groups is 1. The molecule has 3 aliphatic heterocycles. The second kappa shape index (κ2) is 10.3. The van der Waals surface area contributed by atoms with Crippen LogP contribution in [-0.2, 0) is 23.9 Å². The summed E-state index contributed by atoms with van der Waals surface area (Å²) in [6.45, 7) is 11.4. The summed E-state index contributed by atoms with van der Waals surface area (Å²) in [5, 5.41) is 10.2. The molecule has 9 heteroatoms. The van der Waals surface area contributed by atoms with Gasteiger partial charge < -0.3 is 24.4 Å². The van der Waals surface area contributed by atoms with Gasteiger partial charge in [0.15, 0.2) is 0 Å². The van der Waals surface area contributed by atoms with Gasteiger partial charge in [0.05, 0.1) is 37.2 Å². The fraction of sp³-hybridized carbons (Fsp3) is 0.593. The van der Waals surface area contributed by atoms with E-state index >= 15 is 0 Å². The molecular weight excluding hydrogens is 528 g/mol. The number of amides is 2. The predicted octanol–water partition coefficient (Wildman–Crippen LogP) is 2.90. The van der Waals surface area contributed by atoms with Crippen molar-refractivity contribution in [1.29, 1.82) is 0 Å². The minimum absolute atomic E-state index is 0.183. The van der Waals surface area contributed by atoms with Gasteiger partial charge in [-0.05, 0) is 44.7 Å². The maximum atomic E-state index is 14.6. The van der Waals surface area contributed by atoms with Gasteiger partial charge in [0.1, 0.15) is 11.6 Å². The van der Waals surface area contributed by atoms with Crippen LogP contribution in [0.15, 0.2) is 30.9 Å². The number of carbonyl (C=O) groups is 3. The van der Waals surface area contributed by atoms with Crippen LogP contribution in [0.2, 0.25) is 0 Å². The molecule has 0 aromatic heterocycles. The van der Waals surface area contributed by atoms with Crippen molar-refractivity contribution >= 4 is 39.4 Å². The number of aliphatic hydroxyl groups excluding tert-OH is 1. The highest BCUT2D eigenvalue weighted by molar-refractivity contribution is 9.09. The molecule has 1 aromatic rings. The van der Waals surface area contributed by atoms with E-state index in [9.17, 15) is 19.5 Å². The van der Waals surface area contributed by atoms with E-state index in [4.69, 9.17) is 9.47 Å². The first-order valence-electron chi connectivity index (χ1n) is 12.6. The van der Waals surface area contributed by atoms with Crippen molar-refractivity contribution in [3.8, 4) is 0 Å². The smallest absolute Gasteiger partial charge is 0.312 e. The van der Waals surface area contributed by atoms with E-state index in [0.717, 1.165) is 16.8 Å². The zero-order valence-corrected chi connectivity index (χ0v) is 22.9. The molecule has 4 rings (SSSR count). The van der Waals surface area contributed by atoms with Crippen LogP contribution >= 0.6 is 15.9 Å². The summed E-state index contributed by atoms with van der Waals surface area (Å²) in [6.07, 6.45) is 1.93. The largest absolute Gasteiger partial charge is 0.466 e. The minimum Gasteiger partial charge on any atom is -0.466 e. The third kappa shape index (κ3) is 3.90. The number of likely N-dealkylation sites (tertiary alicyclic amines) is 1. The van der Waals surface area contributed by atoms with E-state index in [0.29, 0.717) is 12.8 Å². The fourth-order valence-corrected chi connectivity index (χ4v) is 7.40. The first kappa shape index (κ1) is 26.8. The monoisotopic (exact) mass is 562 g/mol. The van der Waals surface area contributed by atoms with E-state index in [1.165, 1.54) is 4.90 Å². The van der Waals surface area contributed by atoms with Gasteiger partial charge in [0.25, 0.3) is 5.91 Å². The van der Waals surface area contributed by atoms with Crippen molar-refractivity contribution < 1.29 is 29.0 Å². The number of hydrogen-bond donors (Lipinski definition) is 1. The number of ether oxygens (including phenoxy) is 2. The van der Waals surface area contributed by atoms with Crippen molar-refractivity contribution in [2.45, 2.75) is 69.2 Å². The number of nitrogens with zero attached hydrogens (tertiary/aromatic N) is 2. The van der Waals surface area contributed by atoms with Gasteiger partial charge in [-0.15, -0.1) is 6.58 Å². The molecule has 2 bridgehead atoms. The molecule has 196 valence electrons. The number of benzene rings is 1. The second-order valence-corrected chi connectivity index (χ2v) is 11.1. The Bertz CT molecular complexity index is 1040. The minimum atomic E-state index is -1.21. The molecule has 3 saturated heterocycles. The van der Waals surface area contributed by atoms with E-state index in [1.54, 1.807) is 17.9 Å². The Kier molecular flexibility index (Phi) is 7.65. The van der Waals surface area contributed by atoms with Crippen LogP contribution in [0.3, 0.4) is 0 Å². The molecule has 3 fully saturated rings. The molecule has 0 saturated carbocycles. The second-order valence-electron chi connectivity index (χ2n) is 9.88. The number of hydrogen-bond acceptors (Lipinski definition) is 6. The molecule has 36 heavy (non-hydrogen) atoms. The highest BCUT2D eigenvalue weighted by atomic mass is 79.9. The number of aryl methyl sites for hydroxylation is 2. The van der Waals surface area contributed by atoms with Gasteiger partial charge >= 0.3 is 5.97 Å². The van der Waals surface area contributed by atoms with E-state index in [-0.39, 0.29) is 36.4 Å². The standard InChI is InChI=1S/C27H35BrN2O6/c1-6-12-29(21-15(4)10-9-11-16(21)5)25(33)23-27-13-18(28)22(36-27)19(26(34)35-8-3)20(27)24(32)30(23)17(7-2)14-31/h6,9-11,17-20,22-23,31H,1,7-8,12-14H2,2-5H3/t17-,18?,19+,20-,22+,23?,27?/m0/s1. The van der Waals surface area contributed by atoms with Gasteiger partial charge in [-0.2, -0.15) is 0 Å². The van der Waals surface area contributed by atoms with Crippen molar-refractivity contribution in [2.24, 2.45) is 11.8 Å². The SMILES string of the molecule is C=CCN(C(=O)C1N([C@@H](CC)CO)C(=O)[C@@H]2[C@@H](C(=O)OCC)[C@@H]3OC12CC3Br)c1c(C)cccc1C. The quantitative estimate of drug-likeness (QED) is 0.282. The molecular formula is C27H35BrN2O6. The summed E-state index contributed by atoms with van der Waals surface area (Å²) in [4.78, 5) is 44.6. The molecule has 8 nitrogen and oxygen atoms in total. The van der Waals surface area contributed by atoms with Crippen molar-refractivity contribution in [3.63, 3.8) is 0 Å². The molecule has 3 heterocycles. The topological polar surface area (TPSA) is 96.4 Å². The van der Waals surface area contributed by atoms with E-state index in [1.807, 2.05) is 39.0 Å². The highest BCUT2D eigenvalue weighted by Gasteiger charge is 2.77. The van der Waals surface area contributed by atoms with Crippen LogP contribution in [0.4, 0.5) is 5.69 Å². The maximum absolute atomic E-state index is 14.6. The lowest BCUT2D eigenvalue weighted by molar-refractivity contribution is -0.155. The van der Waals surface area contributed by atoms with Gasteiger partial charge in [-0.3, -0.25) is 14.4 Å². The first-order chi connectivity index (χ1) is 17.2. The number of rotatable bonds is 9. The molecule has 0 radical (unpaired) electrons. The molecule has 2 amide bonds. The van der Waals surface area contributed by atoms with Gasteiger partial charge in [-0.1, -0.05) is 47.1 Å². The molecule has 3 unspecified atom stereocenters. The van der Waals surface area contributed by atoms with Crippen molar-refractivity contribution in [1.82, 2.24) is 4.90 Å². The Balaban J connectivity index is 1.87. The molecule has 1 N–H and O–H groups in total. The first-order valence-corrected chi connectivity index (χ1v) is 13.5. The fourth-order valence-electron chi connectivity index (χ4n) is 6.46. The van der Waals surface area contributed by atoms with Gasteiger partial charge in [-0.25, -0.2) is 0 Å². The van der Waals surface area contributed by atoms with Crippen molar-refractivity contribution in [2.75, 3.05) is 24.7 Å².